The van der Waals surface area contributed by atoms with Crippen LogP contribution in [0.3, 0.4) is 0 Å². The predicted molar refractivity (Wildman–Crippen MR) is 83.6 cm³/mol. The average Bonchev–Trinajstić information content (AvgIpc) is 2.39. The minimum atomic E-state index is 0.540. The highest BCUT2D eigenvalue weighted by Gasteiger charge is 2.03. The second-order valence-corrected chi connectivity index (χ2v) is 5.43. The fraction of sp³-hybridized carbons (Fsp3) is 0.600. The number of halogens is 2. The van der Waals surface area contributed by atoms with Crippen LogP contribution in [0.5, 0.6) is 5.75 Å². The van der Waals surface area contributed by atoms with Gasteiger partial charge >= 0.3 is 0 Å². The van der Waals surface area contributed by atoms with Gasteiger partial charge in [-0.25, -0.2) is 0 Å². The fourth-order valence-electron chi connectivity index (χ4n) is 2.01. The van der Waals surface area contributed by atoms with E-state index in [0.29, 0.717) is 16.7 Å². The van der Waals surface area contributed by atoms with Crippen molar-refractivity contribution in [3.63, 3.8) is 0 Å². The highest BCUT2D eigenvalue weighted by Crippen LogP contribution is 2.26. The number of hydrogen-bond donors (Lipinski definition) is 0. The molecule has 0 unspecified atom stereocenters. The average molecular weight is 304 g/mol. The van der Waals surface area contributed by atoms with Crippen molar-refractivity contribution in [2.24, 2.45) is 0 Å². The summed E-state index contributed by atoms with van der Waals surface area (Å²) >= 11 is 11.8. The molecule has 0 saturated carbocycles. The molecular formula is C15H23Cl2NO. The Hall–Kier alpha value is -0.440. The number of hydrogen-bond acceptors (Lipinski definition) is 2. The first-order valence-electron chi connectivity index (χ1n) is 6.97. The third kappa shape index (κ3) is 6.51. The lowest BCUT2D eigenvalue weighted by atomic mass is 10.3. The highest BCUT2D eigenvalue weighted by molar-refractivity contribution is 6.42. The van der Waals surface area contributed by atoms with Crippen LogP contribution in [0.15, 0.2) is 18.2 Å². The molecule has 0 radical (unpaired) electrons. The van der Waals surface area contributed by atoms with E-state index in [0.717, 1.165) is 18.7 Å². The molecule has 2 nitrogen and oxygen atoms in total. The summed E-state index contributed by atoms with van der Waals surface area (Å²) in [4.78, 5) is 2.48. The Kier molecular flexibility index (Phi) is 8.27. The molecule has 0 spiro atoms. The van der Waals surface area contributed by atoms with Gasteiger partial charge in [-0.3, -0.25) is 0 Å². The molecule has 0 aliphatic carbocycles. The summed E-state index contributed by atoms with van der Waals surface area (Å²) in [6, 6.07) is 5.38. The number of ether oxygens (including phenoxy) is 1. The number of rotatable bonds is 9. The summed E-state index contributed by atoms with van der Waals surface area (Å²) in [5.74, 6) is 0.784. The van der Waals surface area contributed by atoms with Crippen molar-refractivity contribution < 1.29 is 4.74 Å². The lowest BCUT2D eigenvalue weighted by Crippen LogP contribution is -2.27. The third-order valence-electron chi connectivity index (χ3n) is 2.86. The lowest BCUT2D eigenvalue weighted by molar-refractivity contribution is 0.234. The minimum absolute atomic E-state index is 0.540. The van der Waals surface area contributed by atoms with Gasteiger partial charge in [0, 0.05) is 12.6 Å². The first kappa shape index (κ1) is 16.6. The van der Waals surface area contributed by atoms with Crippen molar-refractivity contribution in [3.8, 4) is 5.75 Å². The Balaban J connectivity index is 2.27. The SMILES string of the molecule is CCCN(CCC)CCCOc1ccc(Cl)c(Cl)c1. The van der Waals surface area contributed by atoms with Gasteiger partial charge in [-0.05, 0) is 44.5 Å². The smallest absolute Gasteiger partial charge is 0.120 e. The van der Waals surface area contributed by atoms with Gasteiger partial charge in [-0.1, -0.05) is 37.0 Å². The Labute approximate surface area is 126 Å². The van der Waals surface area contributed by atoms with Crippen LogP contribution >= 0.6 is 23.2 Å². The molecule has 0 N–H and O–H groups in total. The summed E-state index contributed by atoms with van der Waals surface area (Å²) in [7, 11) is 0. The summed E-state index contributed by atoms with van der Waals surface area (Å²) in [6.07, 6.45) is 3.43. The topological polar surface area (TPSA) is 12.5 Å². The molecular weight excluding hydrogens is 281 g/mol. The van der Waals surface area contributed by atoms with Crippen LogP contribution in [0, 0.1) is 0 Å². The molecule has 0 bridgehead atoms. The Morgan fingerprint density at radius 3 is 2.26 bits per heavy atom. The van der Waals surface area contributed by atoms with E-state index in [1.165, 1.54) is 25.9 Å². The van der Waals surface area contributed by atoms with Crippen molar-refractivity contribution in [3.05, 3.63) is 28.2 Å². The zero-order valence-electron chi connectivity index (χ0n) is 11.8. The van der Waals surface area contributed by atoms with Gasteiger partial charge in [0.05, 0.1) is 16.7 Å². The van der Waals surface area contributed by atoms with Crippen LogP contribution in [0.25, 0.3) is 0 Å². The van der Waals surface area contributed by atoms with Crippen molar-refractivity contribution in [2.45, 2.75) is 33.1 Å². The second kappa shape index (κ2) is 9.46. The zero-order valence-corrected chi connectivity index (χ0v) is 13.3. The van der Waals surface area contributed by atoms with Crippen molar-refractivity contribution >= 4 is 23.2 Å². The molecule has 108 valence electrons. The molecule has 0 aliphatic heterocycles. The van der Waals surface area contributed by atoms with Gasteiger partial charge in [0.25, 0.3) is 0 Å². The van der Waals surface area contributed by atoms with Crippen LogP contribution in [-0.4, -0.2) is 31.1 Å². The van der Waals surface area contributed by atoms with Gasteiger partial charge in [0.2, 0.25) is 0 Å². The Morgan fingerprint density at radius 2 is 1.68 bits per heavy atom. The van der Waals surface area contributed by atoms with Crippen molar-refractivity contribution in [1.29, 1.82) is 0 Å². The quantitative estimate of drug-likeness (QED) is 0.603. The van der Waals surface area contributed by atoms with E-state index in [-0.39, 0.29) is 0 Å². The van der Waals surface area contributed by atoms with Crippen LogP contribution in [-0.2, 0) is 0 Å². The van der Waals surface area contributed by atoms with E-state index in [2.05, 4.69) is 18.7 Å². The van der Waals surface area contributed by atoms with E-state index in [9.17, 15) is 0 Å². The van der Waals surface area contributed by atoms with Gasteiger partial charge in [0.1, 0.15) is 5.75 Å². The maximum atomic E-state index is 5.94. The van der Waals surface area contributed by atoms with E-state index < -0.39 is 0 Å². The summed E-state index contributed by atoms with van der Waals surface area (Å²) in [5, 5.41) is 1.10. The molecule has 0 aromatic heterocycles. The highest BCUT2D eigenvalue weighted by atomic mass is 35.5. The van der Waals surface area contributed by atoms with Crippen molar-refractivity contribution in [1.82, 2.24) is 4.90 Å². The lowest BCUT2D eigenvalue weighted by Gasteiger charge is -2.20. The monoisotopic (exact) mass is 303 g/mol. The van der Waals surface area contributed by atoms with Crippen LogP contribution in [0.2, 0.25) is 10.0 Å². The first-order chi connectivity index (χ1) is 9.17. The first-order valence-corrected chi connectivity index (χ1v) is 7.73. The van der Waals surface area contributed by atoms with Gasteiger partial charge < -0.3 is 9.64 Å². The molecule has 0 heterocycles. The molecule has 1 aromatic rings. The van der Waals surface area contributed by atoms with E-state index in [1.54, 1.807) is 12.1 Å². The standard InChI is InChI=1S/C15H23Cl2NO/c1-3-8-18(9-4-2)10-5-11-19-13-6-7-14(16)15(17)12-13/h6-7,12H,3-5,8-11H2,1-2H3. The molecule has 4 heteroatoms. The van der Waals surface area contributed by atoms with E-state index in [4.69, 9.17) is 27.9 Å². The molecule has 0 fully saturated rings. The summed E-state index contributed by atoms with van der Waals surface area (Å²) < 4.78 is 5.68. The maximum absolute atomic E-state index is 5.94. The molecule has 0 saturated heterocycles. The molecule has 1 aromatic carbocycles. The number of nitrogens with zero attached hydrogens (tertiary/aromatic N) is 1. The Morgan fingerprint density at radius 1 is 1.00 bits per heavy atom. The van der Waals surface area contributed by atoms with Crippen molar-refractivity contribution in [2.75, 3.05) is 26.2 Å². The molecule has 0 amide bonds. The van der Waals surface area contributed by atoms with Crippen LogP contribution in [0.4, 0.5) is 0 Å². The van der Waals surface area contributed by atoms with Gasteiger partial charge in [-0.2, -0.15) is 0 Å². The van der Waals surface area contributed by atoms with E-state index >= 15 is 0 Å². The van der Waals surface area contributed by atoms with E-state index in [1.807, 2.05) is 6.07 Å². The van der Waals surface area contributed by atoms with Crippen LogP contribution < -0.4 is 4.74 Å². The normalized spacial score (nSPS) is 11.0. The molecule has 0 aliphatic rings. The number of benzene rings is 1. The van der Waals surface area contributed by atoms with Crippen LogP contribution in [0.1, 0.15) is 33.1 Å². The maximum Gasteiger partial charge on any atom is 0.120 e. The summed E-state index contributed by atoms with van der Waals surface area (Å²) in [6.45, 7) is 8.57. The van der Waals surface area contributed by atoms with Gasteiger partial charge in [0.15, 0.2) is 0 Å². The molecule has 1 rings (SSSR count). The molecule has 0 atom stereocenters. The zero-order chi connectivity index (χ0) is 14.1. The fourth-order valence-corrected chi connectivity index (χ4v) is 2.30. The second-order valence-electron chi connectivity index (χ2n) is 4.62. The minimum Gasteiger partial charge on any atom is -0.493 e. The predicted octanol–water partition coefficient (Wildman–Crippen LogP) is 4.88. The summed E-state index contributed by atoms with van der Waals surface area (Å²) in [5.41, 5.74) is 0. The molecule has 19 heavy (non-hydrogen) atoms. The third-order valence-corrected chi connectivity index (χ3v) is 3.60. The largest absolute Gasteiger partial charge is 0.493 e. The Bertz CT molecular complexity index is 365. The van der Waals surface area contributed by atoms with Gasteiger partial charge in [-0.15, -0.1) is 0 Å².